The molecule has 3 amide bonds. The Morgan fingerprint density at radius 1 is 1.10 bits per heavy atom. The maximum atomic E-state index is 12.8. The van der Waals surface area contributed by atoms with Crippen LogP contribution >= 0.6 is 0 Å². The standard InChI is InChI=1S/C27H35N7O5.CH4/c1-18(35)29-20-12-13-33(14-20)26(37)39-16-21-10-7-11-23-31-32-24(34(21)23)22(30-25(36)27(2,3)28)17-38-15-19-8-5-4-6-9-19;/h4-11,20,22H,12-17,28H2,1-3H3,(H,29,35)(H,30,36);1H4/t20-,22-;/m1./s1. The highest BCUT2D eigenvalue weighted by Gasteiger charge is 2.30. The molecule has 2 aromatic heterocycles. The molecule has 0 unspecified atom stereocenters. The minimum absolute atomic E-state index is 0. The third-order valence-corrected chi connectivity index (χ3v) is 6.33. The zero-order chi connectivity index (χ0) is 28.0. The van der Waals surface area contributed by atoms with Gasteiger partial charge in [-0.05, 0) is 38.0 Å². The van der Waals surface area contributed by atoms with Gasteiger partial charge < -0.3 is 30.7 Å². The molecule has 1 aliphatic heterocycles. The fourth-order valence-corrected chi connectivity index (χ4v) is 4.32. The summed E-state index contributed by atoms with van der Waals surface area (Å²) in [6, 6.07) is 14.3. The van der Waals surface area contributed by atoms with Crippen LogP contribution in [0.25, 0.3) is 5.65 Å². The highest BCUT2D eigenvalue weighted by molar-refractivity contribution is 5.85. The van der Waals surface area contributed by atoms with Gasteiger partial charge in [0.1, 0.15) is 12.6 Å². The van der Waals surface area contributed by atoms with Crippen LogP contribution in [0, 0.1) is 0 Å². The highest BCUT2D eigenvalue weighted by atomic mass is 16.6. The van der Waals surface area contributed by atoms with Crippen molar-refractivity contribution >= 4 is 23.6 Å². The molecule has 0 saturated carbocycles. The van der Waals surface area contributed by atoms with E-state index in [0.717, 1.165) is 5.56 Å². The maximum absolute atomic E-state index is 12.8. The monoisotopic (exact) mass is 553 g/mol. The summed E-state index contributed by atoms with van der Waals surface area (Å²) >= 11 is 0. The lowest BCUT2D eigenvalue weighted by Crippen LogP contribution is -2.51. The fourth-order valence-electron chi connectivity index (χ4n) is 4.32. The first-order valence-corrected chi connectivity index (χ1v) is 12.8. The molecular weight excluding hydrogens is 514 g/mol. The summed E-state index contributed by atoms with van der Waals surface area (Å²) in [7, 11) is 0. The molecule has 0 spiro atoms. The van der Waals surface area contributed by atoms with Crippen molar-refractivity contribution in [3.8, 4) is 0 Å². The lowest BCUT2D eigenvalue weighted by atomic mass is 10.1. The minimum Gasteiger partial charge on any atom is -0.443 e. The molecule has 1 aliphatic rings. The number of ether oxygens (including phenoxy) is 2. The van der Waals surface area contributed by atoms with Gasteiger partial charge in [0.2, 0.25) is 11.8 Å². The number of rotatable bonds is 10. The second-order valence-electron chi connectivity index (χ2n) is 10.2. The molecule has 4 rings (SSSR count). The second kappa shape index (κ2) is 13.4. The third-order valence-electron chi connectivity index (χ3n) is 6.33. The number of nitrogens with zero attached hydrogens (tertiary/aromatic N) is 4. The molecule has 0 radical (unpaired) electrons. The maximum Gasteiger partial charge on any atom is 0.410 e. The van der Waals surface area contributed by atoms with Crippen molar-refractivity contribution in [3.63, 3.8) is 0 Å². The number of hydrogen-bond acceptors (Lipinski definition) is 8. The van der Waals surface area contributed by atoms with Crippen LogP contribution in [0.3, 0.4) is 0 Å². The third kappa shape index (κ3) is 7.76. The zero-order valence-electron chi connectivity index (χ0n) is 22.4. The number of carbonyl (C=O) groups excluding carboxylic acids is 3. The van der Waals surface area contributed by atoms with E-state index in [2.05, 4.69) is 20.8 Å². The molecule has 40 heavy (non-hydrogen) atoms. The van der Waals surface area contributed by atoms with Crippen LogP contribution in [0.5, 0.6) is 0 Å². The summed E-state index contributed by atoms with van der Waals surface area (Å²) in [5, 5.41) is 14.4. The average molecular weight is 554 g/mol. The number of amides is 3. The number of benzene rings is 1. The number of fused-ring (bicyclic) bond motifs is 1. The lowest BCUT2D eigenvalue weighted by Gasteiger charge is -2.24. The predicted octanol–water partition coefficient (Wildman–Crippen LogP) is 2.32. The minimum atomic E-state index is -1.12. The van der Waals surface area contributed by atoms with Gasteiger partial charge in [-0.1, -0.05) is 43.8 Å². The topological polar surface area (TPSA) is 153 Å². The Balaban J connectivity index is 0.00000441. The van der Waals surface area contributed by atoms with Crippen LogP contribution in [0.15, 0.2) is 48.5 Å². The Labute approximate surface area is 234 Å². The van der Waals surface area contributed by atoms with Crippen LogP contribution in [0.4, 0.5) is 4.79 Å². The summed E-state index contributed by atoms with van der Waals surface area (Å²) in [5.74, 6) is -0.0807. The van der Waals surface area contributed by atoms with E-state index in [1.165, 1.54) is 6.92 Å². The number of nitrogens with two attached hydrogens (primary N) is 1. The van der Waals surface area contributed by atoms with Crippen molar-refractivity contribution in [1.82, 2.24) is 30.1 Å². The SMILES string of the molecule is C.CC(=O)N[C@@H]1CCN(C(=O)OCc2cccc3nnc([C@@H](COCc4ccccc4)NC(=O)C(C)(C)N)n23)C1. The molecule has 12 nitrogen and oxygen atoms in total. The van der Waals surface area contributed by atoms with Gasteiger partial charge >= 0.3 is 6.09 Å². The van der Waals surface area contributed by atoms with E-state index in [-0.39, 0.29) is 38.5 Å². The molecule has 3 heterocycles. The van der Waals surface area contributed by atoms with Gasteiger partial charge in [0.15, 0.2) is 11.5 Å². The van der Waals surface area contributed by atoms with Crippen molar-refractivity contribution in [2.24, 2.45) is 5.73 Å². The van der Waals surface area contributed by atoms with Crippen molar-refractivity contribution < 1.29 is 23.9 Å². The number of nitrogens with one attached hydrogen (secondary N) is 2. The summed E-state index contributed by atoms with van der Waals surface area (Å²) in [5.41, 5.74) is 7.05. The summed E-state index contributed by atoms with van der Waals surface area (Å²) in [6.07, 6.45) is 0.192. The number of hydrogen-bond donors (Lipinski definition) is 3. The predicted molar refractivity (Wildman–Crippen MR) is 149 cm³/mol. The van der Waals surface area contributed by atoms with Crippen molar-refractivity contribution in [3.05, 3.63) is 65.6 Å². The van der Waals surface area contributed by atoms with Crippen molar-refractivity contribution in [2.75, 3.05) is 19.7 Å². The van der Waals surface area contributed by atoms with E-state index in [9.17, 15) is 14.4 Å². The van der Waals surface area contributed by atoms with Gasteiger partial charge in [0, 0.05) is 26.1 Å². The fraction of sp³-hybridized carbons (Fsp3) is 0.464. The van der Waals surface area contributed by atoms with Gasteiger partial charge in [-0.25, -0.2) is 4.79 Å². The van der Waals surface area contributed by atoms with E-state index >= 15 is 0 Å². The van der Waals surface area contributed by atoms with Crippen LogP contribution in [-0.4, -0.2) is 68.7 Å². The van der Waals surface area contributed by atoms with E-state index in [1.54, 1.807) is 41.3 Å². The lowest BCUT2D eigenvalue weighted by molar-refractivity contribution is -0.126. The summed E-state index contributed by atoms with van der Waals surface area (Å²) < 4.78 is 13.3. The van der Waals surface area contributed by atoms with E-state index in [0.29, 0.717) is 43.3 Å². The Morgan fingerprint density at radius 2 is 1.85 bits per heavy atom. The molecule has 2 atom stereocenters. The first-order chi connectivity index (χ1) is 18.6. The molecule has 4 N–H and O–H groups in total. The van der Waals surface area contributed by atoms with Crippen LogP contribution in [-0.2, 0) is 32.3 Å². The van der Waals surface area contributed by atoms with Crippen LogP contribution < -0.4 is 16.4 Å². The first-order valence-electron chi connectivity index (χ1n) is 12.8. The summed E-state index contributed by atoms with van der Waals surface area (Å²) in [6.45, 7) is 5.99. The van der Waals surface area contributed by atoms with E-state index < -0.39 is 17.7 Å². The van der Waals surface area contributed by atoms with Gasteiger partial charge in [0.05, 0.1) is 24.4 Å². The smallest absolute Gasteiger partial charge is 0.410 e. The van der Waals surface area contributed by atoms with Gasteiger partial charge in [-0.2, -0.15) is 0 Å². The quantitative estimate of drug-likeness (QED) is 0.346. The molecule has 1 saturated heterocycles. The number of carbonyl (C=O) groups is 3. The number of likely N-dealkylation sites (tertiary alicyclic amines) is 1. The molecule has 0 aliphatic carbocycles. The number of aromatic nitrogens is 3. The highest BCUT2D eigenvalue weighted by Crippen LogP contribution is 2.19. The van der Waals surface area contributed by atoms with Crippen LogP contribution in [0.2, 0.25) is 0 Å². The molecular formula is C28H39N7O5. The molecule has 3 aromatic rings. The van der Waals surface area contributed by atoms with Crippen LogP contribution in [0.1, 0.15) is 57.7 Å². The molecule has 1 fully saturated rings. The largest absolute Gasteiger partial charge is 0.443 e. The first kappa shape index (κ1) is 30.5. The van der Waals surface area contributed by atoms with Crippen molar-refractivity contribution in [1.29, 1.82) is 0 Å². The van der Waals surface area contributed by atoms with Gasteiger partial charge in [-0.15, -0.1) is 10.2 Å². The Morgan fingerprint density at radius 3 is 2.55 bits per heavy atom. The van der Waals surface area contributed by atoms with E-state index in [1.807, 2.05) is 30.3 Å². The Hall–Kier alpha value is -4.03. The Kier molecular flexibility index (Phi) is 10.2. The normalized spacial score (nSPS) is 15.8. The Bertz CT molecular complexity index is 1310. The van der Waals surface area contributed by atoms with Crippen molar-refractivity contribution in [2.45, 2.75) is 65.5 Å². The molecule has 12 heteroatoms. The summed E-state index contributed by atoms with van der Waals surface area (Å²) in [4.78, 5) is 38.5. The molecule has 0 bridgehead atoms. The molecule has 1 aromatic carbocycles. The average Bonchev–Trinajstić information content (AvgIpc) is 3.54. The van der Waals surface area contributed by atoms with Gasteiger partial charge in [-0.3, -0.25) is 14.0 Å². The zero-order valence-corrected chi connectivity index (χ0v) is 22.4. The number of pyridine rings is 1. The second-order valence-corrected chi connectivity index (χ2v) is 10.2. The molecule has 216 valence electrons. The van der Waals surface area contributed by atoms with E-state index in [4.69, 9.17) is 15.2 Å². The van der Waals surface area contributed by atoms with Gasteiger partial charge in [0.25, 0.3) is 0 Å².